The quantitative estimate of drug-likeness (QED) is 0.595. The number of hydrogen-bond acceptors (Lipinski definition) is 6. The molecule has 6 nitrogen and oxygen atoms in total. The maximum Gasteiger partial charge on any atom is 0.235 e. The van der Waals surface area contributed by atoms with Gasteiger partial charge in [0.25, 0.3) is 0 Å². The number of para-hydroxylation sites is 1. The minimum Gasteiger partial charge on any atom is -0.496 e. The van der Waals surface area contributed by atoms with Crippen molar-refractivity contribution in [1.29, 1.82) is 5.26 Å². The molecule has 1 aliphatic heterocycles. The summed E-state index contributed by atoms with van der Waals surface area (Å²) < 4.78 is 11.3. The molecule has 0 atom stereocenters. The number of anilines is 2. The third-order valence-corrected chi connectivity index (χ3v) is 5.25. The van der Waals surface area contributed by atoms with Gasteiger partial charge in [0.1, 0.15) is 11.8 Å². The zero-order valence-electron chi connectivity index (χ0n) is 16.6. The van der Waals surface area contributed by atoms with Gasteiger partial charge in [0, 0.05) is 48.5 Å². The Labute approximate surface area is 180 Å². The van der Waals surface area contributed by atoms with Crippen molar-refractivity contribution < 1.29 is 9.15 Å². The summed E-state index contributed by atoms with van der Waals surface area (Å²) in [6.45, 7) is 3.06. The van der Waals surface area contributed by atoms with Crippen LogP contribution in [0.1, 0.15) is 17.1 Å². The second-order valence-corrected chi connectivity index (χ2v) is 7.28. The first-order valence-electron chi connectivity index (χ1n) is 9.65. The van der Waals surface area contributed by atoms with Gasteiger partial charge >= 0.3 is 0 Å². The van der Waals surface area contributed by atoms with Crippen LogP contribution < -0.4 is 14.5 Å². The summed E-state index contributed by atoms with van der Waals surface area (Å²) in [6, 6.07) is 17.7. The van der Waals surface area contributed by atoms with Crippen molar-refractivity contribution in [3.8, 4) is 11.8 Å². The molecule has 0 aliphatic carbocycles. The Hall–Kier alpha value is -3.43. The Kier molecular flexibility index (Phi) is 5.92. The van der Waals surface area contributed by atoms with E-state index in [1.165, 1.54) is 0 Å². The SMILES string of the molecule is COc1ccccc1C=Cc1nc(C#N)c(N2CCN(c3cccc(Cl)c3)CC2)o1. The molecule has 7 heteroatoms. The number of rotatable bonds is 5. The first kappa shape index (κ1) is 19.9. The highest BCUT2D eigenvalue weighted by atomic mass is 35.5. The molecule has 0 spiro atoms. The summed E-state index contributed by atoms with van der Waals surface area (Å²) >= 11 is 6.11. The highest BCUT2D eigenvalue weighted by Gasteiger charge is 2.24. The Morgan fingerprint density at radius 3 is 2.57 bits per heavy atom. The van der Waals surface area contributed by atoms with Crippen molar-refractivity contribution in [2.45, 2.75) is 0 Å². The molecule has 2 heterocycles. The summed E-state index contributed by atoms with van der Waals surface area (Å²) in [7, 11) is 1.63. The molecule has 0 radical (unpaired) electrons. The fraction of sp³-hybridized carbons (Fsp3) is 0.217. The van der Waals surface area contributed by atoms with E-state index in [1.54, 1.807) is 13.2 Å². The van der Waals surface area contributed by atoms with E-state index in [2.05, 4.69) is 26.9 Å². The third-order valence-electron chi connectivity index (χ3n) is 5.02. The lowest BCUT2D eigenvalue weighted by molar-refractivity contribution is 0.414. The molecule has 4 rings (SSSR count). The van der Waals surface area contributed by atoms with Crippen molar-refractivity contribution in [3.05, 3.63) is 70.7 Å². The minimum absolute atomic E-state index is 0.297. The largest absolute Gasteiger partial charge is 0.496 e. The maximum atomic E-state index is 9.52. The van der Waals surface area contributed by atoms with Gasteiger partial charge in [-0.1, -0.05) is 35.9 Å². The van der Waals surface area contributed by atoms with Gasteiger partial charge in [-0.05, 0) is 30.3 Å². The maximum absolute atomic E-state index is 9.52. The van der Waals surface area contributed by atoms with Crippen LogP contribution in [0, 0.1) is 11.3 Å². The molecule has 0 saturated carbocycles. The van der Waals surface area contributed by atoms with Gasteiger partial charge < -0.3 is 19.0 Å². The predicted octanol–water partition coefficient (Wildman–Crippen LogP) is 4.71. The number of oxazole rings is 1. The van der Waals surface area contributed by atoms with Crippen LogP contribution in [-0.4, -0.2) is 38.3 Å². The first-order valence-corrected chi connectivity index (χ1v) is 10.0. The molecule has 1 fully saturated rings. The number of methoxy groups -OCH3 is 1. The third kappa shape index (κ3) is 4.27. The fourth-order valence-electron chi connectivity index (χ4n) is 3.49. The van der Waals surface area contributed by atoms with Crippen LogP contribution in [-0.2, 0) is 0 Å². The van der Waals surface area contributed by atoms with Crippen LogP contribution in [0.3, 0.4) is 0 Å². The summed E-state index contributed by atoms with van der Waals surface area (Å²) in [5.41, 5.74) is 2.31. The lowest BCUT2D eigenvalue weighted by atomic mass is 10.2. The average molecular weight is 421 g/mol. The van der Waals surface area contributed by atoms with Crippen LogP contribution in [0.4, 0.5) is 11.6 Å². The van der Waals surface area contributed by atoms with Crippen LogP contribution in [0.5, 0.6) is 5.75 Å². The molecule has 0 bridgehead atoms. The molecule has 0 unspecified atom stereocenters. The molecule has 30 heavy (non-hydrogen) atoms. The molecular weight excluding hydrogens is 400 g/mol. The highest BCUT2D eigenvalue weighted by Crippen LogP contribution is 2.27. The second-order valence-electron chi connectivity index (χ2n) is 6.85. The smallest absolute Gasteiger partial charge is 0.235 e. The predicted molar refractivity (Wildman–Crippen MR) is 119 cm³/mol. The fourth-order valence-corrected chi connectivity index (χ4v) is 3.68. The van der Waals surface area contributed by atoms with Gasteiger partial charge in [-0.25, -0.2) is 0 Å². The van der Waals surface area contributed by atoms with Gasteiger partial charge in [-0.2, -0.15) is 10.2 Å². The van der Waals surface area contributed by atoms with Crippen molar-refractivity contribution in [2.24, 2.45) is 0 Å². The molecule has 2 aromatic carbocycles. The minimum atomic E-state index is 0.297. The van der Waals surface area contributed by atoms with Gasteiger partial charge in [0.2, 0.25) is 17.5 Å². The zero-order valence-corrected chi connectivity index (χ0v) is 17.3. The van der Waals surface area contributed by atoms with E-state index in [9.17, 15) is 5.26 Å². The standard InChI is InChI=1S/C23H21ClN4O2/c1-29-21-8-3-2-5-17(21)9-10-22-26-20(16-25)23(30-22)28-13-11-27(12-14-28)19-7-4-6-18(24)15-19/h2-10,15H,11-14H2,1H3. The first-order chi connectivity index (χ1) is 14.7. The monoisotopic (exact) mass is 420 g/mol. The molecular formula is C23H21ClN4O2. The van der Waals surface area contributed by atoms with E-state index >= 15 is 0 Å². The van der Waals surface area contributed by atoms with Crippen molar-refractivity contribution in [1.82, 2.24) is 4.98 Å². The van der Waals surface area contributed by atoms with Crippen LogP contribution >= 0.6 is 11.6 Å². The number of nitriles is 1. The molecule has 3 aromatic rings. The summed E-state index contributed by atoms with van der Waals surface area (Å²) in [6.07, 6.45) is 3.62. The lowest BCUT2D eigenvalue weighted by Crippen LogP contribution is -2.46. The second kappa shape index (κ2) is 8.93. The molecule has 1 aliphatic rings. The van der Waals surface area contributed by atoms with E-state index in [0.29, 0.717) is 17.5 Å². The number of halogens is 1. The van der Waals surface area contributed by atoms with Gasteiger partial charge in [-0.15, -0.1) is 0 Å². The number of ether oxygens (including phenoxy) is 1. The molecule has 0 N–H and O–H groups in total. The number of nitrogens with zero attached hydrogens (tertiary/aromatic N) is 4. The Balaban J connectivity index is 1.48. The number of hydrogen-bond donors (Lipinski definition) is 0. The Morgan fingerprint density at radius 1 is 1.07 bits per heavy atom. The van der Waals surface area contributed by atoms with E-state index in [-0.39, 0.29) is 0 Å². The van der Waals surface area contributed by atoms with Crippen molar-refractivity contribution >= 4 is 35.3 Å². The summed E-state index contributed by atoms with van der Waals surface area (Å²) in [5, 5.41) is 10.2. The number of benzene rings is 2. The highest BCUT2D eigenvalue weighted by molar-refractivity contribution is 6.30. The lowest BCUT2D eigenvalue weighted by Gasteiger charge is -2.35. The van der Waals surface area contributed by atoms with E-state index in [4.69, 9.17) is 20.8 Å². The summed E-state index contributed by atoms with van der Waals surface area (Å²) in [4.78, 5) is 8.67. The molecule has 1 aromatic heterocycles. The molecule has 1 saturated heterocycles. The Morgan fingerprint density at radius 2 is 1.83 bits per heavy atom. The van der Waals surface area contributed by atoms with Crippen LogP contribution in [0.25, 0.3) is 12.2 Å². The molecule has 0 amide bonds. The number of piperazine rings is 1. The van der Waals surface area contributed by atoms with E-state index in [0.717, 1.165) is 48.2 Å². The normalized spacial score (nSPS) is 14.2. The average Bonchev–Trinajstić information content (AvgIpc) is 3.21. The van der Waals surface area contributed by atoms with Crippen molar-refractivity contribution in [2.75, 3.05) is 43.1 Å². The van der Waals surface area contributed by atoms with Crippen LogP contribution in [0.15, 0.2) is 52.9 Å². The van der Waals surface area contributed by atoms with E-state index in [1.807, 2.05) is 48.5 Å². The van der Waals surface area contributed by atoms with E-state index < -0.39 is 0 Å². The van der Waals surface area contributed by atoms with Crippen LogP contribution in [0.2, 0.25) is 5.02 Å². The number of aromatic nitrogens is 1. The van der Waals surface area contributed by atoms with Crippen molar-refractivity contribution in [3.63, 3.8) is 0 Å². The summed E-state index contributed by atoms with van der Waals surface area (Å²) in [5.74, 6) is 1.67. The molecule has 152 valence electrons. The topological polar surface area (TPSA) is 65.5 Å². The van der Waals surface area contributed by atoms with Gasteiger partial charge in [0.05, 0.1) is 7.11 Å². The zero-order chi connectivity index (χ0) is 20.9. The van der Waals surface area contributed by atoms with Gasteiger partial charge in [-0.3, -0.25) is 0 Å². The van der Waals surface area contributed by atoms with Gasteiger partial charge in [0.15, 0.2) is 0 Å². The Bertz CT molecular complexity index is 1090.